The fraction of sp³-hybridized carbons (Fsp3) is 0.333. The van der Waals surface area contributed by atoms with Crippen molar-refractivity contribution in [3.05, 3.63) is 23.8 Å². The highest BCUT2D eigenvalue weighted by Crippen LogP contribution is 2.27. The molecule has 96 valence electrons. The van der Waals surface area contributed by atoms with Gasteiger partial charge in [0, 0.05) is 12.5 Å². The van der Waals surface area contributed by atoms with Crippen LogP contribution >= 0.6 is 11.3 Å². The van der Waals surface area contributed by atoms with E-state index in [1.165, 1.54) is 0 Å². The van der Waals surface area contributed by atoms with Crippen LogP contribution in [-0.4, -0.2) is 10.9 Å². The van der Waals surface area contributed by atoms with Gasteiger partial charge in [0.1, 0.15) is 0 Å². The van der Waals surface area contributed by atoms with Crippen molar-refractivity contribution in [1.82, 2.24) is 4.98 Å². The van der Waals surface area contributed by atoms with E-state index < -0.39 is 11.6 Å². The summed E-state index contributed by atoms with van der Waals surface area (Å²) in [7, 11) is 0. The van der Waals surface area contributed by atoms with Gasteiger partial charge in [0.15, 0.2) is 16.8 Å². The number of hydrogen-bond acceptors (Lipinski definition) is 3. The summed E-state index contributed by atoms with van der Waals surface area (Å²) in [5.41, 5.74) is 0.352. The molecule has 0 radical (unpaired) electrons. The van der Waals surface area contributed by atoms with E-state index in [4.69, 9.17) is 0 Å². The van der Waals surface area contributed by atoms with Gasteiger partial charge in [-0.3, -0.25) is 4.79 Å². The molecule has 0 spiro atoms. The van der Waals surface area contributed by atoms with Gasteiger partial charge in [-0.05, 0) is 12.5 Å². The lowest BCUT2D eigenvalue weighted by Crippen LogP contribution is -2.10. The first-order valence-corrected chi connectivity index (χ1v) is 6.47. The van der Waals surface area contributed by atoms with E-state index in [0.717, 1.165) is 36.3 Å². The van der Waals surface area contributed by atoms with Crippen LogP contribution in [0, 0.1) is 11.6 Å². The topological polar surface area (TPSA) is 42.0 Å². The second-order valence-corrected chi connectivity index (χ2v) is 4.94. The minimum absolute atomic E-state index is 0.128. The maximum atomic E-state index is 13.0. The molecule has 0 bridgehead atoms. The van der Waals surface area contributed by atoms with Gasteiger partial charge in [-0.25, -0.2) is 13.8 Å². The van der Waals surface area contributed by atoms with Crippen molar-refractivity contribution in [1.29, 1.82) is 0 Å². The minimum Gasteiger partial charge on any atom is -0.302 e. The number of unbranched alkanes of at least 4 members (excludes halogenated alkanes) is 1. The predicted octanol–water partition coefficient (Wildman–Crippen LogP) is 3.70. The Kier molecular flexibility index (Phi) is 3.86. The third kappa shape index (κ3) is 2.81. The summed E-state index contributed by atoms with van der Waals surface area (Å²) in [6.45, 7) is 2.00. The molecule has 1 N–H and O–H groups in total. The van der Waals surface area contributed by atoms with Crippen molar-refractivity contribution in [3.8, 4) is 0 Å². The van der Waals surface area contributed by atoms with E-state index in [1.807, 2.05) is 6.92 Å². The second kappa shape index (κ2) is 5.39. The molecule has 0 unspecified atom stereocenters. The molecule has 1 heterocycles. The maximum Gasteiger partial charge on any atom is 0.226 e. The van der Waals surface area contributed by atoms with Crippen molar-refractivity contribution >= 4 is 32.6 Å². The van der Waals surface area contributed by atoms with Crippen LogP contribution in [0.1, 0.15) is 26.2 Å². The molecular weight excluding hydrogens is 258 g/mol. The largest absolute Gasteiger partial charge is 0.302 e. The number of amides is 1. The number of hydrogen-bond donors (Lipinski definition) is 1. The van der Waals surface area contributed by atoms with E-state index in [0.29, 0.717) is 21.8 Å². The van der Waals surface area contributed by atoms with Crippen LogP contribution < -0.4 is 5.32 Å². The van der Waals surface area contributed by atoms with Gasteiger partial charge in [0.05, 0.1) is 10.2 Å². The molecule has 3 nitrogen and oxygen atoms in total. The Balaban J connectivity index is 2.17. The lowest BCUT2D eigenvalue weighted by Gasteiger charge is -1.98. The van der Waals surface area contributed by atoms with Gasteiger partial charge in [-0.2, -0.15) is 0 Å². The number of anilines is 1. The summed E-state index contributed by atoms with van der Waals surface area (Å²) < 4.78 is 26.5. The third-order valence-corrected chi connectivity index (χ3v) is 3.37. The van der Waals surface area contributed by atoms with Crippen LogP contribution in [0.4, 0.5) is 13.9 Å². The summed E-state index contributed by atoms with van der Waals surface area (Å²) in [6, 6.07) is 2.12. The molecule has 6 heteroatoms. The first-order valence-electron chi connectivity index (χ1n) is 5.65. The van der Waals surface area contributed by atoms with Crippen molar-refractivity contribution in [2.45, 2.75) is 26.2 Å². The standard InChI is InChI=1S/C12H12F2N2OS/c1-2-3-4-11(17)16-12-15-9-5-7(13)8(14)6-10(9)18-12/h5-6H,2-4H2,1H3,(H,15,16,17). The number of carbonyl (C=O) groups is 1. The van der Waals surface area contributed by atoms with E-state index >= 15 is 0 Å². The molecule has 0 aliphatic rings. The van der Waals surface area contributed by atoms with Crippen molar-refractivity contribution in [2.75, 3.05) is 5.32 Å². The third-order valence-electron chi connectivity index (χ3n) is 2.43. The zero-order valence-electron chi connectivity index (χ0n) is 9.80. The Labute approximate surface area is 107 Å². The molecule has 0 saturated heterocycles. The average molecular weight is 270 g/mol. The second-order valence-electron chi connectivity index (χ2n) is 3.90. The number of aromatic nitrogens is 1. The summed E-state index contributed by atoms with van der Waals surface area (Å²) in [5, 5.41) is 3.00. The molecular formula is C12H12F2N2OS. The smallest absolute Gasteiger partial charge is 0.226 e. The molecule has 2 aromatic rings. The van der Waals surface area contributed by atoms with Gasteiger partial charge in [0.25, 0.3) is 0 Å². The Hall–Kier alpha value is -1.56. The number of fused-ring (bicyclic) bond motifs is 1. The fourth-order valence-electron chi connectivity index (χ4n) is 1.50. The van der Waals surface area contributed by atoms with Gasteiger partial charge >= 0.3 is 0 Å². The molecule has 0 fully saturated rings. The highest BCUT2D eigenvalue weighted by molar-refractivity contribution is 7.22. The molecule has 0 atom stereocenters. The molecule has 2 rings (SSSR count). The quantitative estimate of drug-likeness (QED) is 0.920. The SMILES string of the molecule is CCCCC(=O)Nc1nc2cc(F)c(F)cc2s1. The summed E-state index contributed by atoms with van der Waals surface area (Å²) in [5.74, 6) is -1.97. The van der Waals surface area contributed by atoms with Crippen molar-refractivity contribution in [3.63, 3.8) is 0 Å². The highest BCUT2D eigenvalue weighted by atomic mass is 32.1. The van der Waals surface area contributed by atoms with E-state index in [2.05, 4.69) is 10.3 Å². The summed E-state index contributed by atoms with van der Waals surface area (Å²) in [4.78, 5) is 15.5. The Morgan fingerprint density at radius 3 is 2.83 bits per heavy atom. The van der Waals surface area contributed by atoms with Crippen LogP contribution in [-0.2, 0) is 4.79 Å². The normalized spacial score (nSPS) is 10.8. The van der Waals surface area contributed by atoms with Crippen LogP contribution in [0.2, 0.25) is 0 Å². The number of halogens is 2. The lowest BCUT2D eigenvalue weighted by atomic mass is 10.2. The first kappa shape index (κ1) is 12.9. The Morgan fingerprint density at radius 1 is 1.39 bits per heavy atom. The number of nitrogens with one attached hydrogen (secondary N) is 1. The van der Waals surface area contributed by atoms with Gasteiger partial charge in [-0.1, -0.05) is 24.7 Å². The minimum atomic E-state index is -0.934. The first-order chi connectivity index (χ1) is 8.60. The molecule has 18 heavy (non-hydrogen) atoms. The van der Waals surface area contributed by atoms with Crippen molar-refractivity contribution in [2.24, 2.45) is 0 Å². The van der Waals surface area contributed by atoms with Crippen LogP contribution in [0.3, 0.4) is 0 Å². The van der Waals surface area contributed by atoms with Crippen LogP contribution in [0.15, 0.2) is 12.1 Å². The van der Waals surface area contributed by atoms with Crippen LogP contribution in [0.5, 0.6) is 0 Å². The molecule has 1 amide bonds. The van der Waals surface area contributed by atoms with Crippen LogP contribution in [0.25, 0.3) is 10.2 Å². The van der Waals surface area contributed by atoms with Crippen molar-refractivity contribution < 1.29 is 13.6 Å². The van der Waals surface area contributed by atoms with Gasteiger partial charge in [-0.15, -0.1) is 0 Å². The summed E-state index contributed by atoms with van der Waals surface area (Å²) in [6.07, 6.45) is 2.17. The van der Waals surface area contributed by atoms with E-state index in [9.17, 15) is 13.6 Å². The molecule has 1 aromatic heterocycles. The zero-order chi connectivity index (χ0) is 13.1. The average Bonchev–Trinajstić information content (AvgIpc) is 2.68. The number of thiazole rings is 1. The zero-order valence-corrected chi connectivity index (χ0v) is 10.6. The van der Waals surface area contributed by atoms with E-state index in [1.54, 1.807) is 0 Å². The number of benzene rings is 1. The number of rotatable bonds is 4. The summed E-state index contributed by atoms with van der Waals surface area (Å²) >= 11 is 1.13. The predicted molar refractivity (Wildman–Crippen MR) is 67.7 cm³/mol. The van der Waals surface area contributed by atoms with Gasteiger partial charge < -0.3 is 5.32 Å². The molecule has 1 aromatic carbocycles. The number of carbonyl (C=O) groups excluding carboxylic acids is 1. The number of nitrogens with zero attached hydrogens (tertiary/aromatic N) is 1. The Morgan fingerprint density at radius 2 is 2.11 bits per heavy atom. The fourth-order valence-corrected chi connectivity index (χ4v) is 2.38. The monoisotopic (exact) mass is 270 g/mol. The lowest BCUT2D eigenvalue weighted by molar-refractivity contribution is -0.116. The highest BCUT2D eigenvalue weighted by Gasteiger charge is 2.11. The molecule has 0 saturated carbocycles. The maximum absolute atomic E-state index is 13.0. The Bertz CT molecular complexity index is 544. The molecule has 0 aliphatic carbocycles. The van der Waals surface area contributed by atoms with Gasteiger partial charge in [0.2, 0.25) is 5.91 Å². The molecule has 0 aliphatic heterocycles. The van der Waals surface area contributed by atoms with E-state index in [-0.39, 0.29) is 5.91 Å².